The van der Waals surface area contributed by atoms with E-state index >= 15 is 0 Å². The van der Waals surface area contributed by atoms with Crippen molar-refractivity contribution in [2.45, 2.75) is 45.1 Å². The highest BCUT2D eigenvalue weighted by atomic mass is 16.5. The third-order valence-corrected chi connectivity index (χ3v) is 6.06. The molecule has 2 aromatic rings. The maximum atomic E-state index is 13.1. The second-order valence-corrected chi connectivity index (χ2v) is 8.56. The number of anilines is 1. The summed E-state index contributed by atoms with van der Waals surface area (Å²) >= 11 is 0. The van der Waals surface area contributed by atoms with E-state index in [0.29, 0.717) is 42.2 Å². The summed E-state index contributed by atoms with van der Waals surface area (Å²) in [6.45, 7) is 5.12. The molecule has 2 aliphatic heterocycles. The maximum absolute atomic E-state index is 13.1. The van der Waals surface area contributed by atoms with Gasteiger partial charge >= 0.3 is 0 Å². The van der Waals surface area contributed by atoms with E-state index in [1.807, 2.05) is 49.2 Å². The zero-order valence-corrected chi connectivity index (χ0v) is 18.8. The molecule has 7 nitrogen and oxygen atoms in total. The van der Waals surface area contributed by atoms with E-state index in [9.17, 15) is 9.59 Å². The molecule has 1 unspecified atom stereocenters. The Morgan fingerprint density at radius 2 is 2.00 bits per heavy atom. The molecule has 32 heavy (non-hydrogen) atoms. The normalized spacial score (nSPS) is 19.2. The number of hydrogen-bond acceptors (Lipinski definition) is 5. The van der Waals surface area contributed by atoms with Gasteiger partial charge in [0.05, 0.1) is 30.5 Å². The van der Waals surface area contributed by atoms with Gasteiger partial charge in [-0.2, -0.15) is 0 Å². The van der Waals surface area contributed by atoms with Gasteiger partial charge in [0.15, 0.2) is 11.5 Å². The Hall–Kier alpha value is -3.35. The zero-order chi connectivity index (χ0) is 22.7. The molecule has 7 heteroatoms. The van der Waals surface area contributed by atoms with Crippen molar-refractivity contribution in [2.75, 3.05) is 25.6 Å². The number of aliphatic imine (C=N–C) groups is 1. The van der Waals surface area contributed by atoms with Crippen molar-refractivity contribution in [3.8, 4) is 11.5 Å². The van der Waals surface area contributed by atoms with Crippen LogP contribution in [0.2, 0.25) is 0 Å². The third kappa shape index (κ3) is 4.47. The van der Waals surface area contributed by atoms with Crippen molar-refractivity contribution < 1.29 is 19.1 Å². The number of ether oxygens (including phenoxy) is 2. The van der Waals surface area contributed by atoms with Crippen LogP contribution in [0.15, 0.2) is 41.4 Å². The zero-order valence-electron chi connectivity index (χ0n) is 18.8. The molecule has 0 spiro atoms. The molecular formula is C25H29N3O4. The fourth-order valence-electron chi connectivity index (χ4n) is 4.18. The topological polar surface area (TPSA) is 80.2 Å². The van der Waals surface area contributed by atoms with E-state index in [1.54, 1.807) is 19.2 Å². The molecule has 1 atom stereocenters. The van der Waals surface area contributed by atoms with E-state index in [1.165, 1.54) is 0 Å². The first-order valence-electron chi connectivity index (χ1n) is 11.0. The molecule has 2 amide bonds. The molecule has 0 radical (unpaired) electrons. The van der Waals surface area contributed by atoms with Crippen LogP contribution in [0, 0.1) is 6.92 Å². The lowest BCUT2D eigenvalue weighted by Crippen LogP contribution is -2.45. The van der Waals surface area contributed by atoms with E-state index in [-0.39, 0.29) is 17.4 Å². The molecule has 0 bridgehead atoms. The average molecular weight is 436 g/mol. The summed E-state index contributed by atoms with van der Waals surface area (Å²) in [6.07, 6.45) is 4.63. The molecule has 0 aromatic heterocycles. The van der Waals surface area contributed by atoms with Gasteiger partial charge in [0.25, 0.3) is 5.91 Å². The first kappa shape index (κ1) is 21.9. The highest BCUT2D eigenvalue weighted by molar-refractivity contribution is 6.04. The quantitative estimate of drug-likeness (QED) is 0.649. The molecule has 1 N–H and O–H groups in total. The van der Waals surface area contributed by atoms with Crippen LogP contribution in [0.1, 0.15) is 48.5 Å². The van der Waals surface area contributed by atoms with Crippen LogP contribution in [-0.2, 0) is 4.79 Å². The van der Waals surface area contributed by atoms with Gasteiger partial charge in [-0.1, -0.05) is 17.7 Å². The fraction of sp³-hybridized carbons (Fsp3) is 0.400. The van der Waals surface area contributed by atoms with E-state index < -0.39 is 0 Å². The number of aryl methyl sites for hydroxylation is 1. The lowest BCUT2D eigenvalue weighted by atomic mass is 10.0. The van der Waals surface area contributed by atoms with Crippen LogP contribution in [0.5, 0.6) is 11.5 Å². The number of nitrogens with zero attached hydrogens (tertiary/aromatic N) is 2. The molecule has 1 saturated heterocycles. The number of carbonyl (C=O) groups is 2. The van der Waals surface area contributed by atoms with Crippen LogP contribution in [-0.4, -0.2) is 48.7 Å². The van der Waals surface area contributed by atoms with Gasteiger partial charge < -0.3 is 19.7 Å². The summed E-state index contributed by atoms with van der Waals surface area (Å²) in [6, 6.07) is 11.1. The van der Waals surface area contributed by atoms with Gasteiger partial charge in [-0.05, 0) is 51.3 Å². The van der Waals surface area contributed by atoms with Crippen LogP contribution in [0.25, 0.3) is 0 Å². The minimum absolute atomic E-state index is 0.0323. The van der Waals surface area contributed by atoms with Gasteiger partial charge in [-0.3, -0.25) is 14.6 Å². The monoisotopic (exact) mass is 435 g/mol. The number of hydrogen-bond donors (Lipinski definition) is 1. The van der Waals surface area contributed by atoms with Crippen molar-refractivity contribution in [1.29, 1.82) is 0 Å². The predicted molar refractivity (Wildman–Crippen MR) is 124 cm³/mol. The van der Waals surface area contributed by atoms with Crippen molar-refractivity contribution in [3.63, 3.8) is 0 Å². The van der Waals surface area contributed by atoms with Crippen LogP contribution in [0.4, 0.5) is 11.4 Å². The summed E-state index contributed by atoms with van der Waals surface area (Å²) < 4.78 is 11.4. The Morgan fingerprint density at radius 3 is 2.75 bits per heavy atom. The summed E-state index contributed by atoms with van der Waals surface area (Å²) in [4.78, 5) is 31.8. The molecule has 2 aliphatic rings. The maximum Gasteiger partial charge on any atom is 0.256 e. The summed E-state index contributed by atoms with van der Waals surface area (Å²) in [5.41, 5.74) is 2.68. The van der Waals surface area contributed by atoms with E-state index in [2.05, 4.69) is 10.3 Å². The summed E-state index contributed by atoms with van der Waals surface area (Å²) in [5, 5.41) is 2.89. The first-order chi connectivity index (χ1) is 15.4. The average Bonchev–Trinajstić information content (AvgIpc) is 3.14. The Labute approximate surface area is 188 Å². The minimum Gasteiger partial charge on any atom is -0.493 e. The van der Waals surface area contributed by atoms with Gasteiger partial charge in [0.1, 0.15) is 0 Å². The third-order valence-electron chi connectivity index (χ3n) is 6.06. The number of benzene rings is 2. The standard InChI is InChI=1S/C25H29N3O4/c1-17-7-9-18(10-8-17)27-23(29)6-4-13-32-22-15-20-19(14-21(22)31-3)24(30)28-12-5-11-25(28,2)16-26-20/h7-10,14-16H,4-6,11-13H2,1-3H3,(H,27,29). The smallest absolute Gasteiger partial charge is 0.256 e. The number of methoxy groups -OCH3 is 1. The highest BCUT2D eigenvalue weighted by Crippen LogP contribution is 2.40. The molecular weight excluding hydrogens is 406 g/mol. The van der Waals surface area contributed by atoms with Crippen molar-refractivity contribution in [1.82, 2.24) is 4.90 Å². The lowest BCUT2D eigenvalue weighted by Gasteiger charge is -2.30. The summed E-state index contributed by atoms with van der Waals surface area (Å²) in [7, 11) is 1.55. The summed E-state index contributed by atoms with van der Waals surface area (Å²) in [5.74, 6) is 0.909. The predicted octanol–water partition coefficient (Wildman–Crippen LogP) is 4.51. The Balaban J connectivity index is 1.39. The second-order valence-electron chi connectivity index (χ2n) is 8.56. The van der Waals surface area contributed by atoms with Crippen LogP contribution >= 0.6 is 0 Å². The SMILES string of the molecule is COc1cc2c(cc1OCCCC(=O)Nc1ccc(C)cc1)N=CC1(C)CCCN1C2=O. The van der Waals surface area contributed by atoms with Crippen molar-refractivity contribution in [3.05, 3.63) is 47.5 Å². The molecule has 4 rings (SSSR count). The van der Waals surface area contributed by atoms with Crippen LogP contribution in [0.3, 0.4) is 0 Å². The Bertz CT molecular complexity index is 1050. The number of fused-ring (bicyclic) bond motifs is 2. The Kier molecular flexibility index (Phi) is 6.17. The number of amides is 2. The van der Waals surface area contributed by atoms with Crippen molar-refractivity contribution in [2.24, 2.45) is 4.99 Å². The van der Waals surface area contributed by atoms with E-state index in [0.717, 1.165) is 30.6 Å². The van der Waals surface area contributed by atoms with Crippen molar-refractivity contribution >= 4 is 29.4 Å². The number of carbonyl (C=O) groups excluding carboxylic acids is 2. The second kappa shape index (κ2) is 9.02. The molecule has 168 valence electrons. The molecule has 2 heterocycles. The van der Waals surface area contributed by atoms with Crippen LogP contribution < -0.4 is 14.8 Å². The van der Waals surface area contributed by atoms with E-state index in [4.69, 9.17) is 9.47 Å². The number of nitrogens with one attached hydrogen (secondary N) is 1. The largest absolute Gasteiger partial charge is 0.493 e. The highest BCUT2D eigenvalue weighted by Gasteiger charge is 2.41. The van der Waals surface area contributed by atoms with Gasteiger partial charge in [-0.25, -0.2) is 0 Å². The Morgan fingerprint density at radius 1 is 1.22 bits per heavy atom. The lowest BCUT2D eigenvalue weighted by molar-refractivity contribution is -0.116. The molecule has 1 fully saturated rings. The molecule has 0 aliphatic carbocycles. The molecule has 2 aromatic carbocycles. The van der Waals surface area contributed by atoms with Gasteiger partial charge in [0.2, 0.25) is 5.91 Å². The fourth-order valence-corrected chi connectivity index (χ4v) is 4.18. The van der Waals surface area contributed by atoms with Gasteiger partial charge in [-0.15, -0.1) is 0 Å². The first-order valence-corrected chi connectivity index (χ1v) is 11.0. The van der Waals surface area contributed by atoms with Gasteiger partial charge in [0, 0.05) is 30.9 Å². The minimum atomic E-state index is -0.352. The molecule has 0 saturated carbocycles. The number of rotatable bonds is 7.